The van der Waals surface area contributed by atoms with Gasteiger partial charge in [0.05, 0.1) is 28.4 Å². The van der Waals surface area contributed by atoms with Gasteiger partial charge in [0, 0.05) is 25.7 Å². The molecule has 0 spiro atoms. The number of hydrogen-bond donors (Lipinski definition) is 1. The number of nitrogens with one attached hydrogen (secondary N) is 1. The average molecular weight is 468 g/mol. The summed E-state index contributed by atoms with van der Waals surface area (Å²) < 4.78 is 26.0. The molecule has 0 aromatic heterocycles. The number of likely N-dealkylation sites (tertiary alicyclic amines) is 1. The van der Waals surface area contributed by atoms with Crippen molar-refractivity contribution in [2.45, 2.75) is 31.5 Å². The quantitative estimate of drug-likeness (QED) is 0.470. The number of esters is 1. The van der Waals surface area contributed by atoms with Gasteiger partial charge in [0.2, 0.25) is 5.75 Å². The maximum absolute atomic E-state index is 12.1. The molecule has 0 unspecified atom stereocenters. The summed E-state index contributed by atoms with van der Waals surface area (Å²) in [7, 11) is 6.02. The first-order valence-electron chi connectivity index (χ1n) is 10.3. The lowest BCUT2D eigenvalue weighted by molar-refractivity contribution is -0.145. The van der Waals surface area contributed by atoms with E-state index in [9.17, 15) is 9.59 Å². The van der Waals surface area contributed by atoms with E-state index in [0.29, 0.717) is 54.8 Å². The summed E-state index contributed by atoms with van der Waals surface area (Å²) in [6.07, 6.45) is 0.880. The predicted molar refractivity (Wildman–Crippen MR) is 119 cm³/mol. The number of ether oxygens (including phenoxy) is 5. The summed E-state index contributed by atoms with van der Waals surface area (Å²) in [6, 6.07) is 2.96. The minimum absolute atomic E-state index is 0.0282. The number of nitrogens with zero attached hydrogens (tertiary/aromatic N) is 2. The zero-order chi connectivity index (χ0) is 23.3. The Labute approximate surface area is 192 Å². The first-order valence-corrected chi connectivity index (χ1v) is 10.7. The summed E-state index contributed by atoms with van der Waals surface area (Å²) in [4.78, 5) is 27.7. The highest BCUT2D eigenvalue weighted by atomic mass is 32.1. The van der Waals surface area contributed by atoms with Crippen LogP contribution in [0, 0.1) is 0 Å². The maximum Gasteiger partial charge on any atom is 0.410 e. The third-order valence-corrected chi connectivity index (χ3v) is 6.10. The van der Waals surface area contributed by atoms with Gasteiger partial charge in [-0.25, -0.2) is 9.59 Å². The van der Waals surface area contributed by atoms with Crippen molar-refractivity contribution in [1.82, 2.24) is 15.1 Å². The highest BCUT2D eigenvalue weighted by Crippen LogP contribution is 2.38. The number of amides is 1. The van der Waals surface area contributed by atoms with Crippen LogP contribution in [-0.4, -0.2) is 87.2 Å². The van der Waals surface area contributed by atoms with Gasteiger partial charge in [-0.3, -0.25) is 4.90 Å². The monoisotopic (exact) mass is 467 g/mol. The van der Waals surface area contributed by atoms with Crippen molar-refractivity contribution in [1.29, 1.82) is 0 Å². The van der Waals surface area contributed by atoms with Crippen LogP contribution in [0.1, 0.15) is 18.4 Å². The van der Waals surface area contributed by atoms with Gasteiger partial charge >= 0.3 is 12.1 Å². The molecule has 1 N–H and O–H groups in total. The number of carbonyl (C=O) groups is 2. The van der Waals surface area contributed by atoms with Crippen molar-refractivity contribution in [3.63, 3.8) is 0 Å². The molecule has 11 heteroatoms. The molecule has 2 aliphatic rings. The molecule has 0 bridgehead atoms. The Hall–Kier alpha value is -2.95. The Kier molecular flexibility index (Phi) is 7.84. The summed E-state index contributed by atoms with van der Waals surface area (Å²) in [5, 5.41) is 3.88. The summed E-state index contributed by atoms with van der Waals surface area (Å²) in [5.41, 5.74) is 0.928. The number of piperidine rings is 1. The van der Waals surface area contributed by atoms with E-state index in [4.69, 9.17) is 35.9 Å². The zero-order valence-electron chi connectivity index (χ0n) is 18.7. The molecule has 2 heterocycles. The molecule has 0 aliphatic carbocycles. The second-order valence-electron chi connectivity index (χ2n) is 7.43. The van der Waals surface area contributed by atoms with E-state index in [1.165, 1.54) is 12.0 Å². The number of methoxy groups -OCH3 is 4. The van der Waals surface area contributed by atoms with Crippen LogP contribution in [0.5, 0.6) is 17.2 Å². The summed E-state index contributed by atoms with van der Waals surface area (Å²) in [6.45, 7) is 1.83. The van der Waals surface area contributed by atoms with Crippen LogP contribution in [0.4, 0.5) is 4.79 Å². The molecular weight excluding hydrogens is 438 g/mol. The highest BCUT2D eigenvalue weighted by Gasteiger charge is 2.43. The molecule has 3 rings (SSSR count). The van der Waals surface area contributed by atoms with Crippen molar-refractivity contribution in [2.24, 2.45) is 0 Å². The second-order valence-corrected chi connectivity index (χ2v) is 7.82. The van der Waals surface area contributed by atoms with Crippen LogP contribution in [0.25, 0.3) is 0 Å². The number of cyclic esters (lactones) is 1. The molecule has 0 radical (unpaired) electrons. The number of hydrogen-bond acceptors (Lipinski definition) is 8. The van der Waals surface area contributed by atoms with Gasteiger partial charge in [-0.1, -0.05) is 0 Å². The fourth-order valence-electron chi connectivity index (χ4n) is 4.03. The van der Waals surface area contributed by atoms with E-state index in [-0.39, 0.29) is 12.6 Å². The Bertz CT molecular complexity index is 833. The van der Waals surface area contributed by atoms with Crippen molar-refractivity contribution < 1.29 is 33.3 Å². The lowest BCUT2D eigenvalue weighted by atomic mass is 10.0. The fourth-order valence-corrected chi connectivity index (χ4v) is 4.28. The Morgan fingerprint density at radius 2 is 1.75 bits per heavy atom. The first-order chi connectivity index (χ1) is 15.4. The Morgan fingerprint density at radius 3 is 2.28 bits per heavy atom. The van der Waals surface area contributed by atoms with Crippen LogP contribution in [0.3, 0.4) is 0 Å². The smallest absolute Gasteiger partial charge is 0.410 e. The van der Waals surface area contributed by atoms with E-state index in [2.05, 4.69) is 10.2 Å². The summed E-state index contributed by atoms with van der Waals surface area (Å²) >= 11 is 5.57. The van der Waals surface area contributed by atoms with E-state index < -0.39 is 18.1 Å². The minimum atomic E-state index is -0.686. The molecule has 2 aliphatic heterocycles. The molecular formula is C21H29N3O7S. The standard InChI is InChI=1S/C21H29N3O7S/c1-27-16-9-13(10-17(28-2)18(16)29-3)11-22-20(32)23-7-5-14(6-8-23)24-15(19(25)30-4)12-31-21(24)26/h9-10,14-15H,5-8,11-12H2,1-4H3,(H,22,32)/t15-/m0/s1. The molecule has 176 valence electrons. The van der Waals surface area contributed by atoms with E-state index in [1.54, 1.807) is 21.3 Å². The largest absolute Gasteiger partial charge is 0.493 e. The number of rotatable bonds is 7. The summed E-state index contributed by atoms with van der Waals surface area (Å²) in [5.74, 6) is 1.23. The van der Waals surface area contributed by atoms with Crippen molar-refractivity contribution >= 4 is 29.4 Å². The fraction of sp³-hybridized carbons (Fsp3) is 0.571. The van der Waals surface area contributed by atoms with E-state index >= 15 is 0 Å². The third kappa shape index (κ3) is 4.93. The van der Waals surface area contributed by atoms with Crippen molar-refractivity contribution in [3.05, 3.63) is 17.7 Å². The normalized spacial score (nSPS) is 18.8. The zero-order valence-corrected chi connectivity index (χ0v) is 19.5. The van der Waals surface area contributed by atoms with Crippen LogP contribution in [0.2, 0.25) is 0 Å². The molecule has 1 atom stereocenters. The van der Waals surface area contributed by atoms with Crippen molar-refractivity contribution in [2.75, 3.05) is 48.1 Å². The predicted octanol–water partition coefficient (Wildman–Crippen LogP) is 1.55. The molecule has 32 heavy (non-hydrogen) atoms. The van der Waals surface area contributed by atoms with Gasteiger partial charge < -0.3 is 33.9 Å². The second kappa shape index (κ2) is 10.6. The molecule has 1 amide bonds. The van der Waals surface area contributed by atoms with Crippen molar-refractivity contribution in [3.8, 4) is 17.2 Å². The number of benzene rings is 1. The van der Waals surface area contributed by atoms with Gasteiger partial charge in [0.15, 0.2) is 22.7 Å². The topological polar surface area (TPSA) is 98.8 Å². The van der Waals surface area contributed by atoms with Crippen LogP contribution >= 0.6 is 12.2 Å². The van der Waals surface area contributed by atoms with Gasteiger partial charge in [-0.2, -0.15) is 0 Å². The van der Waals surface area contributed by atoms with E-state index in [0.717, 1.165) is 5.56 Å². The van der Waals surface area contributed by atoms with Gasteiger partial charge in [-0.05, 0) is 42.8 Å². The average Bonchev–Trinajstić information content (AvgIpc) is 3.22. The minimum Gasteiger partial charge on any atom is -0.493 e. The van der Waals surface area contributed by atoms with Crippen LogP contribution in [0.15, 0.2) is 12.1 Å². The molecule has 0 saturated carbocycles. The molecule has 1 aromatic rings. The molecule has 1 aromatic carbocycles. The molecule has 2 fully saturated rings. The van der Waals surface area contributed by atoms with Gasteiger partial charge in [0.1, 0.15) is 6.61 Å². The van der Waals surface area contributed by atoms with Crippen LogP contribution < -0.4 is 19.5 Å². The number of carbonyl (C=O) groups excluding carboxylic acids is 2. The maximum atomic E-state index is 12.1. The molecule has 2 saturated heterocycles. The molecule has 10 nitrogen and oxygen atoms in total. The third-order valence-electron chi connectivity index (χ3n) is 5.70. The SMILES string of the molecule is COC(=O)[C@@H]1COC(=O)N1C1CCN(C(=S)NCc2cc(OC)c(OC)c(OC)c2)CC1. The Morgan fingerprint density at radius 1 is 1.12 bits per heavy atom. The van der Waals surface area contributed by atoms with E-state index in [1.807, 2.05) is 12.1 Å². The lowest BCUT2D eigenvalue weighted by Crippen LogP contribution is -2.53. The highest BCUT2D eigenvalue weighted by molar-refractivity contribution is 7.80. The van der Waals surface area contributed by atoms with Gasteiger partial charge in [0.25, 0.3) is 0 Å². The first kappa shape index (κ1) is 23.7. The lowest BCUT2D eigenvalue weighted by Gasteiger charge is -2.38. The number of thiocarbonyl (C=S) groups is 1. The van der Waals surface area contributed by atoms with Gasteiger partial charge in [-0.15, -0.1) is 0 Å². The van der Waals surface area contributed by atoms with Crippen LogP contribution in [-0.2, 0) is 20.8 Å². The Balaban J connectivity index is 1.56.